The fraction of sp³-hybridized carbons (Fsp3) is 0.400. The second kappa shape index (κ2) is 6.27. The summed E-state index contributed by atoms with van der Waals surface area (Å²) in [6, 6.07) is 1.78. The van der Waals surface area contributed by atoms with Crippen LogP contribution in [-0.4, -0.2) is 45.0 Å². The molecule has 0 unspecified atom stereocenters. The number of ether oxygens (including phenoxy) is 1. The van der Waals surface area contributed by atoms with E-state index in [2.05, 4.69) is 25.4 Å². The number of halogens is 1. The second-order valence-electron chi connectivity index (χ2n) is 3.45. The Bertz CT molecular complexity index is 489. The van der Waals surface area contributed by atoms with Crippen molar-refractivity contribution in [2.45, 2.75) is 6.42 Å². The molecule has 7 nitrogen and oxygen atoms in total. The van der Waals surface area contributed by atoms with E-state index >= 15 is 0 Å². The average Bonchev–Trinajstić information content (AvgIpc) is 2.88. The molecule has 1 N–H and O–H groups in total. The van der Waals surface area contributed by atoms with Gasteiger partial charge in [0, 0.05) is 32.7 Å². The Kier molecular flexibility index (Phi) is 4.43. The van der Waals surface area contributed by atoms with Gasteiger partial charge < -0.3 is 10.1 Å². The molecule has 0 amide bonds. The monoisotopic (exact) mass is 268 g/mol. The van der Waals surface area contributed by atoms with Crippen molar-refractivity contribution in [3.63, 3.8) is 0 Å². The molecule has 2 aromatic rings. The summed E-state index contributed by atoms with van der Waals surface area (Å²) in [5, 5.41) is 7.22. The Morgan fingerprint density at radius 2 is 2.28 bits per heavy atom. The van der Waals surface area contributed by atoms with Crippen molar-refractivity contribution < 1.29 is 4.74 Å². The Balaban J connectivity index is 2.07. The zero-order valence-electron chi connectivity index (χ0n) is 9.88. The molecule has 0 aromatic carbocycles. The molecule has 0 bridgehead atoms. The first-order valence-electron chi connectivity index (χ1n) is 5.44. The lowest BCUT2D eigenvalue weighted by molar-refractivity contribution is 0.197. The van der Waals surface area contributed by atoms with Crippen LogP contribution in [0.1, 0.15) is 6.42 Å². The maximum Gasteiger partial charge on any atom is 0.256 e. The lowest BCUT2D eigenvalue weighted by atomic mass is 10.4. The summed E-state index contributed by atoms with van der Waals surface area (Å²) in [5.74, 6) is 0.811. The first-order chi connectivity index (χ1) is 8.79. The van der Waals surface area contributed by atoms with Gasteiger partial charge in [-0.3, -0.25) is 0 Å². The minimum absolute atomic E-state index is 0.129. The minimum Gasteiger partial charge on any atom is -0.385 e. The third-order valence-electron chi connectivity index (χ3n) is 2.11. The van der Waals surface area contributed by atoms with Crippen molar-refractivity contribution in [1.82, 2.24) is 24.7 Å². The molecule has 0 saturated carbocycles. The van der Waals surface area contributed by atoms with E-state index in [1.165, 1.54) is 4.68 Å². The molecule has 2 heterocycles. The van der Waals surface area contributed by atoms with Gasteiger partial charge in [0.05, 0.1) is 0 Å². The van der Waals surface area contributed by atoms with Crippen molar-refractivity contribution in [2.75, 3.05) is 25.6 Å². The summed E-state index contributed by atoms with van der Waals surface area (Å²) < 4.78 is 6.47. The molecule has 0 aliphatic heterocycles. The van der Waals surface area contributed by atoms with Gasteiger partial charge >= 0.3 is 0 Å². The van der Waals surface area contributed by atoms with E-state index in [4.69, 9.17) is 16.3 Å². The molecule has 8 heteroatoms. The number of nitrogens with zero attached hydrogens (tertiary/aromatic N) is 5. The molecule has 2 rings (SSSR count). The minimum atomic E-state index is 0.129. The number of anilines is 1. The highest BCUT2D eigenvalue weighted by atomic mass is 35.5. The maximum atomic E-state index is 5.84. The van der Waals surface area contributed by atoms with Crippen LogP contribution in [0.4, 0.5) is 5.95 Å². The Morgan fingerprint density at radius 1 is 1.39 bits per heavy atom. The quantitative estimate of drug-likeness (QED) is 0.792. The van der Waals surface area contributed by atoms with E-state index in [0.717, 1.165) is 6.42 Å². The Morgan fingerprint density at radius 3 is 3.00 bits per heavy atom. The highest BCUT2D eigenvalue weighted by Crippen LogP contribution is 2.08. The van der Waals surface area contributed by atoms with Crippen LogP contribution in [0.15, 0.2) is 18.5 Å². The van der Waals surface area contributed by atoms with Crippen LogP contribution < -0.4 is 5.32 Å². The van der Waals surface area contributed by atoms with Crippen LogP contribution in [0.5, 0.6) is 0 Å². The summed E-state index contributed by atoms with van der Waals surface area (Å²) in [6.45, 7) is 1.38. The predicted octanol–water partition coefficient (Wildman–Crippen LogP) is 1.16. The van der Waals surface area contributed by atoms with Crippen LogP contribution in [0.25, 0.3) is 5.95 Å². The van der Waals surface area contributed by atoms with Crippen LogP contribution in [0.2, 0.25) is 5.28 Å². The lowest BCUT2D eigenvalue weighted by Gasteiger charge is -2.06. The van der Waals surface area contributed by atoms with E-state index < -0.39 is 0 Å². The van der Waals surface area contributed by atoms with E-state index in [0.29, 0.717) is 25.0 Å². The van der Waals surface area contributed by atoms with Crippen LogP contribution in [0.3, 0.4) is 0 Å². The number of hydrogen-bond acceptors (Lipinski definition) is 6. The topological polar surface area (TPSA) is 77.8 Å². The molecule has 96 valence electrons. The van der Waals surface area contributed by atoms with E-state index in [-0.39, 0.29) is 5.28 Å². The highest BCUT2D eigenvalue weighted by Gasteiger charge is 2.06. The number of nitrogens with one attached hydrogen (secondary N) is 1. The second-order valence-corrected chi connectivity index (χ2v) is 3.79. The molecular weight excluding hydrogens is 256 g/mol. The van der Waals surface area contributed by atoms with E-state index in [9.17, 15) is 0 Å². The van der Waals surface area contributed by atoms with Crippen LogP contribution >= 0.6 is 11.6 Å². The number of rotatable bonds is 6. The lowest BCUT2D eigenvalue weighted by Crippen LogP contribution is -2.11. The Labute approximate surface area is 109 Å². The zero-order valence-corrected chi connectivity index (χ0v) is 10.6. The van der Waals surface area contributed by atoms with Crippen LogP contribution in [-0.2, 0) is 4.74 Å². The molecule has 18 heavy (non-hydrogen) atoms. The van der Waals surface area contributed by atoms with Crippen molar-refractivity contribution in [3.05, 3.63) is 23.7 Å². The summed E-state index contributed by atoms with van der Waals surface area (Å²) in [4.78, 5) is 12.2. The summed E-state index contributed by atoms with van der Waals surface area (Å²) >= 11 is 5.84. The highest BCUT2D eigenvalue weighted by molar-refractivity contribution is 6.28. The van der Waals surface area contributed by atoms with Gasteiger partial charge in [-0.15, -0.1) is 0 Å². The summed E-state index contributed by atoms with van der Waals surface area (Å²) in [7, 11) is 1.66. The van der Waals surface area contributed by atoms with Gasteiger partial charge in [-0.05, 0) is 24.1 Å². The van der Waals surface area contributed by atoms with E-state index in [1.54, 1.807) is 25.6 Å². The van der Waals surface area contributed by atoms with Gasteiger partial charge in [0.1, 0.15) is 0 Å². The average molecular weight is 269 g/mol. The number of aromatic nitrogens is 5. The van der Waals surface area contributed by atoms with Gasteiger partial charge in [0.25, 0.3) is 5.95 Å². The zero-order chi connectivity index (χ0) is 12.8. The fourth-order valence-corrected chi connectivity index (χ4v) is 1.48. The predicted molar refractivity (Wildman–Crippen MR) is 66.9 cm³/mol. The van der Waals surface area contributed by atoms with Gasteiger partial charge in [0.15, 0.2) is 0 Å². The van der Waals surface area contributed by atoms with Gasteiger partial charge in [-0.1, -0.05) is 0 Å². The molecule has 0 aliphatic rings. The number of methoxy groups -OCH3 is 1. The first kappa shape index (κ1) is 12.7. The molecule has 0 saturated heterocycles. The van der Waals surface area contributed by atoms with Crippen molar-refractivity contribution in [3.8, 4) is 5.95 Å². The summed E-state index contributed by atoms with van der Waals surface area (Å²) in [6.07, 6.45) is 4.24. The largest absolute Gasteiger partial charge is 0.385 e. The van der Waals surface area contributed by atoms with Crippen molar-refractivity contribution in [1.29, 1.82) is 0 Å². The van der Waals surface area contributed by atoms with Gasteiger partial charge in [-0.25, -0.2) is 4.68 Å². The smallest absolute Gasteiger partial charge is 0.256 e. The van der Waals surface area contributed by atoms with Crippen molar-refractivity contribution >= 4 is 17.5 Å². The normalized spacial score (nSPS) is 10.6. The molecule has 0 fully saturated rings. The van der Waals surface area contributed by atoms with E-state index in [1.807, 2.05) is 0 Å². The van der Waals surface area contributed by atoms with Crippen LogP contribution in [0, 0.1) is 0 Å². The third kappa shape index (κ3) is 3.38. The molecule has 0 atom stereocenters. The first-order valence-corrected chi connectivity index (χ1v) is 5.82. The maximum absolute atomic E-state index is 5.84. The van der Waals surface area contributed by atoms with Crippen molar-refractivity contribution in [2.24, 2.45) is 0 Å². The summed E-state index contributed by atoms with van der Waals surface area (Å²) in [5.41, 5.74) is 0. The van der Waals surface area contributed by atoms with Gasteiger partial charge in [-0.2, -0.15) is 20.1 Å². The standard InChI is InChI=1S/C10H13ClN6O/c1-18-7-3-4-12-9-14-8(11)15-10(16-9)17-6-2-5-13-17/h2,5-6H,3-4,7H2,1H3,(H,12,14,15,16). The molecule has 0 aliphatic carbocycles. The Hall–Kier alpha value is -1.73. The SMILES string of the molecule is COCCCNc1nc(Cl)nc(-n2cccn2)n1. The molecule has 0 spiro atoms. The molecular formula is C10H13ClN6O. The molecule has 2 aromatic heterocycles. The fourth-order valence-electron chi connectivity index (χ4n) is 1.32. The number of hydrogen-bond donors (Lipinski definition) is 1. The third-order valence-corrected chi connectivity index (χ3v) is 2.28. The molecule has 0 radical (unpaired) electrons. The van der Waals surface area contributed by atoms with Gasteiger partial charge in [0.2, 0.25) is 11.2 Å².